The van der Waals surface area contributed by atoms with Gasteiger partial charge in [0.15, 0.2) is 0 Å². The Morgan fingerprint density at radius 2 is 1.83 bits per heavy atom. The number of carbonyl (C=O) groups is 1. The van der Waals surface area contributed by atoms with E-state index in [1.54, 1.807) is 12.1 Å². The molecule has 3 nitrogen and oxygen atoms in total. The van der Waals surface area contributed by atoms with Crippen LogP contribution in [0.3, 0.4) is 0 Å². The molecule has 0 unspecified atom stereocenters. The van der Waals surface area contributed by atoms with Gasteiger partial charge in [0.1, 0.15) is 5.82 Å². The minimum atomic E-state index is -0.245. The highest BCUT2D eigenvalue weighted by Crippen LogP contribution is 2.07. The molecule has 0 saturated heterocycles. The highest BCUT2D eigenvalue weighted by Gasteiger charge is 2.07. The van der Waals surface area contributed by atoms with Crippen molar-refractivity contribution in [3.8, 4) is 0 Å². The molecule has 0 heterocycles. The summed E-state index contributed by atoms with van der Waals surface area (Å²) in [5.74, 6) is -0.242. The summed E-state index contributed by atoms with van der Waals surface area (Å²) in [6, 6.07) is 14.5. The number of nitrogens with one attached hydrogen (secondary N) is 1. The zero-order valence-electron chi connectivity index (χ0n) is 13.7. The van der Waals surface area contributed by atoms with Crippen molar-refractivity contribution in [2.45, 2.75) is 19.9 Å². The first kappa shape index (κ1) is 17.2. The molecule has 2 aromatic carbocycles. The first-order valence-corrected chi connectivity index (χ1v) is 7.79. The Morgan fingerprint density at radius 3 is 2.52 bits per heavy atom. The van der Waals surface area contributed by atoms with Gasteiger partial charge in [-0.1, -0.05) is 36.4 Å². The molecule has 2 rings (SSSR count). The molecule has 0 fully saturated rings. The lowest BCUT2D eigenvalue weighted by molar-refractivity contribution is -0.122. The van der Waals surface area contributed by atoms with Crippen LogP contribution in [0.25, 0.3) is 0 Å². The molecule has 0 atom stereocenters. The zero-order chi connectivity index (χ0) is 16.7. The van der Waals surface area contributed by atoms with Gasteiger partial charge < -0.3 is 5.32 Å². The number of nitrogens with zero attached hydrogens (tertiary/aromatic N) is 1. The predicted molar refractivity (Wildman–Crippen MR) is 90.6 cm³/mol. The van der Waals surface area contributed by atoms with E-state index in [2.05, 4.69) is 24.4 Å². The van der Waals surface area contributed by atoms with E-state index in [0.29, 0.717) is 19.6 Å². The quantitative estimate of drug-likeness (QED) is 0.852. The predicted octanol–water partition coefficient (Wildman–Crippen LogP) is 2.92. The first-order chi connectivity index (χ1) is 11.0. The summed E-state index contributed by atoms with van der Waals surface area (Å²) in [6.07, 6.45) is 0.833. The third kappa shape index (κ3) is 5.83. The maximum absolute atomic E-state index is 12.9. The van der Waals surface area contributed by atoms with Crippen molar-refractivity contribution in [2.75, 3.05) is 20.1 Å². The van der Waals surface area contributed by atoms with Gasteiger partial charge in [-0.15, -0.1) is 0 Å². The van der Waals surface area contributed by atoms with Crippen LogP contribution in [0.2, 0.25) is 0 Å². The molecule has 0 bridgehead atoms. The van der Waals surface area contributed by atoms with Gasteiger partial charge in [0.2, 0.25) is 5.91 Å². The minimum absolute atomic E-state index is 0.00296. The second-order valence-electron chi connectivity index (χ2n) is 5.83. The zero-order valence-corrected chi connectivity index (χ0v) is 13.7. The molecule has 0 radical (unpaired) electrons. The summed E-state index contributed by atoms with van der Waals surface area (Å²) >= 11 is 0. The Bertz CT molecular complexity index is 640. The van der Waals surface area contributed by atoms with E-state index in [4.69, 9.17) is 0 Å². The van der Waals surface area contributed by atoms with E-state index < -0.39 is 0 Å². The fourth-order valence-corrected chi connectivity index (χ4v) is 2.49. The van der Waals surface area contributed by atoms with Gasteiger partial charge in [-0.05, 0) is 49.2 Å². The first-order valence-electron chi connectivity index (χ1n) is 7.79. The number of benzene rings is 2. The van der Waals surface area contributed by atoms with E-state index in [1.165, 1.54) is 23.3 Å². The molecule has 0 aliphatic carbocycles. The third-order valence-electron chi connectivity index (χ3n) is 3.76. The maximum Gasteiger partial charge on any atom is 0.234 e. The van der Waals surface area contributed by atoms with Gasteiger partial charge in [-0.25, -0.2) is 4.39 Å². The van der Waals surface area contributed by atoms with E-state index in [9.17, 15) is 9.18 Å². The Hall–Kier alpha value is -2.20. The monoisotopic (exact) mass is 314 g/mol. The van der Waals surface area contributed by atoms with Crippen molar-refractivity contribution in [3.63, 3.8) is 0 Å². The van der Waals surface area contributed by atoms with Crippen LogP contribution in [-0.4, -0.2) is 30.9 Å². The number of carbonyl (C=O) groups excluding carboxylic acids is 1. The van der Waals surface area contributed by atoms with Gasteiger partial charge in [-0.3, -0.25) is 9.69 Å². The van der Waals surface area contributed by atoms with Crippen molar-refractivity contribution in [1.82, 2.24) is 10.2 Å². The summed E-state index contributed by atoms with van der Waals surface area (Å²) in [7, 11) is 1.88. The van der Waals surface area contributed by atoms with Crippen molar-refractivity contribution in [3.05, 3.63) is 71.0 Å². The van der Waals surface area contributed by atoms with Gasteiger partial charge in [0.05, 0.1) is 6.54 Å². The Kier molecular flexibility index (Phi) is 6.29. The maximum atomic E-state index is 12.9. The summed E-state index contributed by atoms with van der Waals surface area (Å²) in [6.45, 7) is 3.65. The van der Waals surface area contributed by atoms with E-state index in [0.717, 1.165) is 12.0 Å². The van der Waals surface area contributed by atoms with Crippen LogP contribution >= 0.6 is 0 Å². The molecule has 23 heavy (non-hydrogen) atoms. The number of hydrogen-bond acceptors (Lipinski definition) is 2. The number of amides is 1. The molecule has 0 aromatic heterocycles. The molecular formula is C19H23FN2O. The number of rotatable bonds is 7. The molecule has 0 aliphatic heterocycles. The van der Waals surface area contributed by atoms with Crippen LogP contribution in [0.1, 0.15) is 16.7 Å². The second kappa shape index (κ2) is 8.44. The lowest BCUT2D eigenvalue weighted by Gasteiger charge is -2.16. The molecule has 0 aliphatic rings. The van der Waals surface area contributed by atoms with E-state index in [-0.39, 0.29) is 11.7 Å². The van der Waals surface area contributed by atoms with Crippen molar-refractivity contribution in [2.24, 2.45) is 0 Å². The summed E-state index contributed by atoms with van der Waals surface area (Å²) in [5, 5.41) is 2.94. The molecule has 1 amide bonds. The van der Waals surface area contributed by atoms with Crippen molar-refractivity contribution >= 4 is 5.91 Å². The normalized spacial score (nSPS) is 10.8. The highest BCUT2D eigenvalue weighted by atomic mass is 19.1. The van der Waals surface area contributed by atoms with Gasteiger partial charge in [-0.2, -0.15) is 0 Å². The van der Waals surface area contributed by atoms with Gasteiger partial charge in [0, 0.05) is 13.1 Å². The fourth-order valence-electron chi connectivity index (χ4n) is 2.49. The number of likely N-dealkylation sites (N-methyl/N-ethyl adjacent to an activating group) is 1. The van der Waals surface area contributed by atoms with Crippen LogP contribution in [-0.2, 0) is 17.8 Å². The lowest BCUT2D eigenvalue weighted by atomic mass is 10.1. The average molecular weight is 314 g/mol. The topological polar surface area (TPSA) is 32.3 Å². The van der Waals surface area contributed by atoms with Crippen LogP contribution in [0, 0.1) is 12.7 Å². The average Bonchev–Trinajstić information content (AvgIpc) is 2.51. The molecule has 0 saturated carbocycles. The van der Waals surface area contributed by atoms with Gasteiger partial charge >= 0.3 is 0 Å². The number of hydrogen-bond donors (Lipinski definition) is 1. The largest absolute Gasteiger partial charge is 0.355 e. The molecular weight excluding hydrogens is 291 g/mol. The smallest absolute Gasteiger partial charge is 0.234 e. The third-order valence-corrected chi connectivity index (χ3v) is 3.76. The second-order valence-corrected chi connectivity index (χ2v) is 5.83. The Labute approximate surface area is 137 Å². The Morgan fingerprint density at radius 1 is 1.13 bits per heavy atom. The van der Waals surface area contributed by atoms with Crippen LogP contribution in [0.15, 0.2) is 48.5 Å². The summed E-state index contributed by atoms with van der Waals surface area (Å²) in [4.78, 5) is 13.9. The van der Waals surface area contributed by atoms with Gasteiger partial charge in [0.25, 0.3) is 0 Å². The summed E-state index contributed by atoms with van der Waals surface area (Å²) in [5.41, 5.74) is 3.49. The molecule has 0 spiro atoms. The molecule has 122 valence electrons. The Balaban J connectivity index is 1.71. The van der Waals surface area contributed by atoms with E-state index in [1.807, 2.05) is 24.1 Å². The fraction of sp³-hybridized carbons (Fsp3) is 0.316. The molecule has 4 heteroatoms. The SMILES string of the molecule is Cc1ccccc1CCNC(=O)CN(C)Cc1ccc(F)cc1. The van der Waals surface area contributed by atoms with Crippen molar-refractivity contribution in [1.29, 1.82) is 0 Å². The highest BCUT2D eigenvalue weighted by molar-refractivity contribution is 5.77. The lowest BCUT2D eigenvalue weighted by Crippen LogP contribution is -2.35. The van der Waals surface area contributed by atoms with Crippen molar-refractivity contribution < 1.29 is 9.18 Å². The standard InChI is InChI=1S/C19H23FN2O/c1-15-5-3-4-6-17(15)11-12-21-19(23)14-22(2)13-16-7-9-18(20)10-8-16/h3-10H,11-14H2,1-2H3,(H,21,23). The van der Waals surface area contributed by atoms with Crippen LogP contribution in [0.4, 0.5) is 4.39 Å². The molecule has 2 aromatic rings. The molecule has 1 N–H and O–H groups in total. The van der Waals surface area contributed by atoms with Crippen LogP contribution in [0.5, 0.6) is 0 Å². The number of aryl methyl sites for hydroxylation is 1. The van der Waals surface area contributed by atoms with Crippen LogP contribution < -0.4 is 5.32 Å². The number of halogens is 1. The minimum Gasteiger partial charge on any atom is -0.355 e. The van der Waals surface area contributed by atoms with E-state index >= 15 is 0 Å². The summed E-state index contributed by atoms with van der Waals surface area (Å²) < 4.78 is 12.9.